The molecule has 23 heavy (non-hydrogen) atoms. The smallest absolute Gasteiger partial charge is 0.316 e. The molecule has 120 valence electrons. The molecule has 0 atom stereocenters. The summed E-state index contributed by atoms with van der Waals surface area (Å²) in [6.07, 6.45) is 0. The van der Waals surface area contributed by atoms with Gasteiger partial charge in [-0.1, -0.05) is 35.9 Å². The zero-order chi connectivity index (χ0) is 16.7. The fraction of sp³-hybridized carbons (Fsp3) is 0.222. The molecule has 0 spiro atoms. The van der Waals surface area contributed by atoms with Crippen molar-refractivity contribution in [3.05, 3.63) is 59.7 Å². The average molecular weight is 329 g/mol. The number of anilines is 1. The van der Waals surface area contributed by atoms with Crippen molar-refractivity contribution in [3.63, 3.8) is 0 Å². The average Bonchev–Trinajstić information content (AvgIpc) is 2.54. The lowest BCUT2D eigenvalue weighted by atomic mass is 10.2. The summed E-state index contributed by atoms with van der Waals surface area (Å²) >= 11 is 1.41. The highest BCUT2D eigenvalue weighted by Gasteiger charge is 2.09. The van der Waals surface area contributed by atoms with Crippen molar-refractivity contribution in [2.45, 2.75) is 18.7 Å². The van der Waals surface area contributed by atoms with Gasteiger partial charge in [0.2, 0.25) is 0 Å². The van der Waals surface area contributed by atoms with Crippen LogP contribution in [0.2, 0.25) is 0 Å². The second kappa shape index (κ2) is 8.39. The molecule has 2 rings (SSSR count). The maximum Gasteiger partial charge on any atom is 0.316 e. The second-order valence-corrected chi connectivity index (χ2v) is 6.15. The predicted molar refractivity (Wildman–Crippen MR) is 92.7 cm³/mol. The maximum atomic E-state index is 11.7. The van der Waals surface area contributed by atoms with Crippen molar-refractivity contribution in [3.8, 4) is 0 Å². The number of aryl methyl sites for hydroxylation is 2. The molecule has 1 N–H and O–H groups in total. The summed E-state index contributed by atoms with van der Waals surface area (Å²) in [6, 6.07) is 15.2. The number of hydrogen-bond acceptors (Lipinski definition) is 4. The predicted octanol–water partition coefficient (Wildman–Crippen LogP) is 3.58. The minimum absolute atomic E-state index is 0.183. The van der Waals surface area contributed by atoms with Crippen LogP contribution in [-0.2, 0) is 14.3 Å². The van der Waals surface area contributed by atoms with Crippen molar-refractivity contribution in [2.24, 2.45) is 0 Å². The Morgan fingerprint density at radius 1 is 1.04 bits per heavy atom. The fourth-order valence-electron chi connectivity index (χ4n) is 1.88. The molecule has 0 fully saturated rings. The largest absolute Gasteiger partial charge is 0.455 e. The van der Waals surface area contributed by atoms with E-state index in [9.17, 15) is 9.59 Å². The lowest BCUT2D eigenvalue weighted by Crippen LogP contribution is -2.21. The molecule has 0 unspecified atom stereocenters. The number of esters is 1. The minimum Gasteiger partial charge on any atom is -0.455 e. The number of carbonyl (C=O) groups is 2. The van der Waals surface area contributed by atoms with Gasteiger partial charge in [0.15, 0.2) is 6.61 Å². The summed E-state index contributed by atoms with van der Waals surface area (Å²) in [4.78, 5) is 24.5. The quantitative estimate of drug-likeness (QED) is 0.650. The van der Waals surface area contributed by atoms with E-state index in [0.29, 0.717) is 5.69 Å². The number of rotatable bonds is 6. The molecule has 5 heteroatoms. The van der Waals surface area contributed by atoms with E-state index in [1.54, 1.807) is 0 Å². The number of amides is 1. The Kier molecular flexibility index (Phi) is 6.23. The summed E-state index contributed by atoms with van der Waals surface area (Å²) in [7, 11) is 0. The third-order valence-electron chi connectivity index (χ3n) is 3.14. The van der Waals surface area contributed by atoms with E-state index < -0.39 is 5.97 Å². The molecular weight excluding hydrogens is 310 g/mol. The first-order valence-electron chi connectivity index (χ1n) is 7.25. The van der Waals surface area contributed by atoms with Gasteiger partial charge in [-0.25, -0.2) is 0 Å². The molecule has 0 aliphatic carbocycles. The highest BCUT2D eigenvalue weighted by Crippen LogP contribution is 2.21. The minimum atomic E-state index is -0.405. The van der Waals surface area contributed by atoms with Gasteiger partial charge in [0.05, 0.1) is 5.75 Å². The lowest BCUT2D eigenvalue weighted by molar-refractivity contribution is -0.144. The number of thioether (sulfide) groups is 1. The van der Waals surface area contributed by atoms with Gasteiger partial charge in [-0.15, -0.1) is 11.8 Å². The molecule has 1 amide bonds. The molecule has 0 heterocycles. The molecular formula is C18H19NO3S. The van der Waals surface area contributed by atoms with Gasteiger partial charge in [-0.05, 0) is 37.6 Å². The van der Waals surface area contributed by atoms with Crippen LogP contribution in [0.5, 0.6) is 0 Å². The Morgan fingerprint density at radius 2 is 1.74 bits per heavy atom. The summed E-state index contributed by atoms with van der Waals surface area (Å²) in [5.41, 5.74) is 2.91. The zero-order valence-corrected chi connectivity index (χ0v) is 14.0. The van der Waals surface area contributed by atoms with Crippen molar-refractivity contribution in [1.29, 1.82) is 0 Å². The molecule has 0 saturated heterocycles. The molecule has 2 aromatic rings. The van der Waals surface area contributed by atoms with Crippen LogP contribution in [0.4, 0.5) is 5.69 Å². The highest BCUT2D eigenvalue weighted by molar-refractivity contribution is 8.00. The Hall–Kier alpha value is -2.27. The van der Waals surface area contributed by atoms with E-state index in [4.69, 9.17) is 4.74 Å². The van der Waals surface area contributed by atoms with Crippen LogP contribution in [0.3, 0.4) is 0 Å². The standard InChI is InChI=1S/C18H19NO3S/c1-13-7-9-15(10-8-13)19-17(20)11-22-18(21)12-23-16-6-4-3-5-14(16)2/h3-10H,11-12H2,1-2H3,(H,19,20). The summed E-state index contributed by atoms with van der Waals surface area (Å²) in [5.74, 6) is -0.566. The number of hydrogen-bond donors (Lipinski definition) is 1. The number of carbonyl (C=O) groups excluding carboxylic acids is 2. The molecule has 2 aromatic carbocycles. The second-order valence-electron chi connectivity index (χ2n) is 5.13. The molecule has 0 aromatic heterocycles. The molecule has 0 saturated carbocycles. The van der Waals surface area contributed by atoms with Crippen LogP contribution in [0.25, 0.3) is 0 Å². The monoisotopic (exact) mass is 329 g/mol. The number of nitrogens with one attached hydrogen (secondary N) is 1. The molecule has 4 nitrogen and oxygen atoms in total. The highest BCUT2D eigenvalue weighted by atomic mass is 32.2. The third-order valence-corrected chi connectivity index (χ3v) is 4.29. The van der Waals surface area contributed by atoms with Crippen LogP contribution in [0.1, 0.15) is 11.1 Å². The van der Waals surface area contributed by atoms with Crippen molar-refractivity contribution < 1.29 is 14.3 Å². The zero-order valence-electron chi connectivity index (χ0n) is 13.2. The van der Waals surface area contributed by atoms with Gasteiger partial charge in [-0.3, -0.25) is 9.59 Å². The Morgan fingerprint density at radius 3 is 2.43 bits per heavy atom. The molecule has 0 radical (unpaired) electrons. The van der Waals surface area contributed by atoms with Gasteiger partial charge in [0, 0.05) is 10.6 Å². The van der Waals surface area contributed by atoms with Gasteiger partial charge >= 0.3 is 5.97 Å². The Labute approximate surface area is 140 Å². The van der Waals surface area contributed by atoms with Crippen LogP contribution >= 0.6 is 11.8 Å². The van der Waals surface area contributed by atoms with Crippen molar-refractivity contribution in [1.82, 2.24) is 0 Å². The van der Waals surface area contributed by atoms with Gasteiger partial charge < -0.3 is 10.1 Å². The van der Waals surface area contributed by atoms with Gasteiger partial charge in [-0.2, -0.15) is 0 Å². The molecule has 0 aliphatic heterocycles. The van der Waals surface area contributed by atoms with E-state index in [1.165, 1.54) is 11.8 Å². The molecule has 0 bridgehead atoms. The normalized spacial score (nSPS) is 10.2. The van der Waals surface area contributed by atoms with Crippen LogP contribution < -0.4 is 5.32 Å². The van der Waals surface area contributed by atoms with E-state index in [-0.39, 0.29) is 18.3 Å². The van der Waals surface area contributed by atoms with Gasteiger partial charge in [0.1, 0.15) is 0 Å². The van der Waals surface area contributed by atoms with Crippen LogP contribution in [0, 0.1) is 13.8 Å². The van der Waals surface area contributed by atoms with E-state index >= 15 is 0 Å². The van der Waals surface area contributed by atoms with Gasteiger partial charge in [0.25, 0.3) is 5.91 Å². The Balaban J connectivity index is 1.72. The summed E-state index contributed by atoms with van der Waals surface area (Å²) in [5, 5.41) is 2.68. The van der Waals surface area contributed by atoms with Crippen LogP contribution in [0.15, 0.2) is 53.4 Å². The van der Waals surface area contributed by atoms with E-state index in [1.807, 2.05) is 62.4 Å². The number of ether oxygens (including phenoxy) is 1. The topological polar surface area (TPSA) is 55.4 Å². The fourth-order valence-corrected chi connectivity index (χ4v) is 2.70. The first-order chi connectivity index (χ1) is 11.0. The molecule has 0 aliphatic rings. The summed E-state index contributed by atoms with van der Waals surface area (Å²) < 4.78 is 4.99. The van der Waals surface area contributed by atoms with Crippen molar-refractivity contribution >= 4 is 29.3 Å². The van der Waals surface area contributed by atoms with E-state index in [2.05, 4.69) is 5.32 Å². The maximum absolute atomic E-state index is 11.7. The first kappa shape index (κ1) is 17.1. The third kappa shape index (κ3) is 5.79. The Bertz CT molecular complexity index is 683. The summed E-state index contributed by atoms with van der Waals surface area (Å²) in [6.45, 7) is 3.68. The lowest BCUT2D eigenvalue weighted by Gasteiger charge is -2.07. The SMILES string of the molecule is Cc1ccc(NC(=O)COC(=O)CSc2ccccc2C)cc1. The van der Waals surface area contributed by atoms with Crippen molar-refractivity contribution in [2.75, 3.05) is 17.7 Å². The first-order valence-corrected chi connectivity index (χ1v) is 8.24. The number of benzene rings is 2. The van der Waals surface area contributed by atoms with Crippen LogP contribution in [-0.4, -0.2) is 24.2 Å². The van der Waals surface area contributed by atoms with E-state index in [0.717, 1.165) is 16.0 Å².